The lowest BCUT2D eigenvalue weighted by molar-refractivity contribution is 0.407. The van der Waals surface area contributed by atoms with E-state index in [1.165, 1.54) is 6.42 Å². The summed E-state index contributed by atoms with van der Waals surface area (Å²) in [4.78, 5) is 0. The summed E-state index contributed by atoms with van der Waals surface area (Å²) in [5.74, 6) is 0. The summed E-state index contributed by atoms with van der Waals surface area (Å²) in [6.45, 7) is 1.97. The summed E-state index contributed by atoms with van der Waals surface area (Å²) in [7, 11) is 1.94. The maximum absolute atomic E-state index is 11.7. The summed E-state index contributed by atoms with van der Waals surface area (Å²) < 4.78 is 11.7. The third-order valence-corrected chi connectivity index (χ3v) is 1.73. The predicted octanol–water partition coefficient (Wildman–Crippen LogP) is 2.12. The highest BCUT2D eigenvalue weighted by atomic mass is 19.1. The maximum Gasteiger partial charge on any atom is 0.0895 e. The average Bonchev–Trinajstić information content (AvgIpc) is 1.98. The highest BCUT2D eigenvalue weighted by Gasteiger charge is 2.02. The molecule has 0 saturated carbocycles. The predicted molar refractivity (Wildman–Crippen MR) is 43.0 cm³/mol. The van der Waals surface area contributed by atoms with Gasteiger partial charge in [-0.25, -0.2) is 0 Å². The zero-order valence-corrected chi connectivity index (χ0v) is 6.99. The molecule has 0 heterocycles. The minimum absolute atomic E-state index is 0.179. The first-order valence-corrected chi connectivity index (χ1v) is 4.08. The maximum atomic E-state index is 11.7. The monoisotopic (exact) mass is 147 g/mol. The molecule has 0 aliphatic heterocycles. The van der Waals surface area contributed by atoms with Crippen LogP contribution < -0.4 is 5.32 Å². The molecule has 0 bridgehead atoms. The molecular weight excluding hydrogens is 129 g/mol. The van der Waals surface area contributed by atoms with Crippen molar-refractivity contribution in [1.82, 2.24) is 5.32 Å². The smallest absolute Gasteiger partial charge is 0.0895 e. The van der Waals surface area contributed by atoms with Crippen LogP contribution in [0.5, 0.6) is 0 Å². The van der Waals surface area contributed by atoms with Crippen molar-refractivity contribution in [3.63, 3.8) is 0 Å². The van der Waals surface area contributed by atoms with Gasteiger partial charge in [0, 0.05) is 6.04 Å². The minimum Gasteiger partial charge on any atom is -0.317 e. The number of hydrogen-bond donors (Lipinski definition) is 1. The van der Waals surface area contributed by atoms with Crippen LogP contribution in [-0.2, 0) is 0 Å². The van der Waals surface area contributed by atoms with Gasteiger partial charge in [-0.15, -0.1) is 0 Å². The Hall–Kier alpha value is -0.110. The molecule has 0 aromatic carbocycles. The molecule has 0 saturated heterocycles. The van der Waals surface area contributed by atoms with E-state index in [-0.39, 0.29) is 6.67 Å². The SMILES string of the molecule is CCC[C@@H](CCCF)NC. The molecular formula is C8H18FN. The van der Waals surface area contributed by atoms with Gasteiger partial charge in [0.2, 0.25) is 0 Å². The largest absolute Gasteiger partial charge is 0.317 e. The lowest BCUT2D eigenvalue weighted by atomic mass is 10.1. The van der Waals surface area contributed by atoms with Crippen LogP contribution in [0.3, 0.4) is 0 Å². The van der Waals surface area contributed by atoms with E-state index in [1.807, 2.05) is 7.05 Å². The first kappa shape index (κ1) is 9.89. The molecule has 1 nitrogen and oxygen atoms in total. The highest BCUT2D eigenvalue weighted by molar-refractivity contribution is 4.62. The molecule has 1 N–H and O–H groups in total. The Labute approximate surface area is 63.0 Å². The Morgan fingerprint density at radius 3 is 2.50 bits per heavy atom. The van der Waals surface area contributed by atoms with E-state index >= 15 is 0 Å². The third-order valence-electron chi connectivity index (χ3n) is 1.73. The van der Waals surface area contributed by atoms with Gasteiger partial charge >= 0.3 is 0 Å². The van der Waals surface area contributed by atoms with Gasteiger partial charge in [-0.3, -0.25) is 4.39 Å². The van der Waals surface area contributed by atoms with Gasteiger partial charge in [-0.1, -0.05) is 13.3 Å². The van der Waals surface area contributed by atoms with Gasteiger partial charge in [0.05, 0.1) is 6.67 Å². The number of hydrogen-bond acceptors (Lipinski definition) is 1. The Morgan fingerprint density at radius 1 is 1.40 bits per heavy atom. The van der Waals surface area contributed by atoms with Crippen LogP contribution in [-0.4, -0.2) is 19.8 Å². The molecule has 0 amide bonds. The Morgan fingerprint density at radius 2 is 2.10 bits per heavy atom. The molecule has 1 atom stereocenters. The van der Waals surface area contributed by atoms with Gasteiger partial charge in [-0.2, -0.15) is 0 Å². The molecule has 2 heteroatoms. The number of alkyl halides is 1. The van der Waals surface area contributed by atoms with Gasteiger partial charge in [-0.05, 0) is 26.3 Å². The fourth-order valence-electron chi connectivity index (χ4n) is 1.11. The molecule has 0 aromatic heterocycles. The topological polar surface area (TPSA) is 12.0 Å². The molecule has 62 valence electrons. The minimum atomic E-state index is -0.179. The number of nitrogens with one attached hydrogen (secondary N) is 1. The van der Waals surface area contributed by atoms with E-state index in [1.54, 1.807) is 0 Å². The Bertz CT molecular complexity index is 66.3. The van der Waals surface area contributed by atoms with Crippen LogP contribution in [0.25, 0.3) is 0 Å². The zero-order chi connectivity index (χ0) is 7.82. The summed E-state index contributed by atoms with van der Waals surface area (Å²) in [6, 6.07) is 0.528. The number of halogens is 1. The summed E-state index contributed by atoms with van der Waals surface area (Å²) >= 11 is 0. The quantitative estimate of drug-likeness (QED) is 0.607. The Kier molecular flexibility index (Phi) is 6.93. The van der Waals surface area contributed by atoms with E-state index in [9.17, 15) is 4.39 Å². The van der Waals surface area contributed by atoms with Gasteiger partial charge in [0.1, 0.15) is 0 Å². The van der Waals surface area contributed by atoms with E-state index < -0.39 is 0 Å². The fourth-order valence-corrected chi connectivity index (χ4v) is 1.11. The Balaban J connectivity index is 3.21. The van der Waals surface area contributed by atoms with Crippen LogP contribution in [0.4, 0.5) is 4.39 Å². The van der Waals surface area contributed by atoms with Crippen molar-refractivity contribution >= 4 is 0 Å². The molecule has 0 rings (SSSR count). The lowest BCUT2D eigenvalue weighted by Gasteiger charge is -2.13. The van der Waals surface area contributed by atoms with Crippen molar-refractivity contribution < 1.29 is 4.39 Å². The van der Waals surface area contributed by atoms with Crippen LogP contribution >= 0.6 is 0 Å². The van der Waals surface area contributed by atoms with Crippen LogP contribution in [0.1, 0.15) is 32.6 Å². The average molecular weight is 147 g/mol. The number of rotatable bonds is 6. The van der Waals surface area contributed by atoms with Crippen molar-refractivity contribution in [2.45, 2.75) is 38.6 Å². The molecule has 0 aliphatic carbocycles. The summed E-state index contributed by atoms with van der Waals surface area (Å²) in [6.07, 6.45) is 4.01. The molecule has 0 fully saturated rings. The van der Waals surface area contributed by atoms with Crippen LogP contribution in [0.2, 0.25) is 0 Å². The second kappa shape index (κ2) is 7.00. The van der Waals surface area contributed by atoms with E-state index in [4.69, 9.17) is 0 Å². The van der Waals surface area contributed by atoms with Crippen molar-refractivity contribution in [1.29, 1.82) is 0 Å². The second-order valence-corrected chi connectivity index (χ2v) is 2.61. The molecule has 0 unspecified atom stereocenters. The van der Waals surface area contributed by atoms with Gasteiger partial charge < -0.3 is 5.32 Å². The van der Waals surface area contributed by atoms with E-state index in [2.05, 4.69) is 12.2 Å². The fraction of sp³-hybridized carbons (Fsp3) is 1.00. The summed E-state index contributed by atoms with van der Waals surface area (Å²) in [5.41, 5.74) is 0. The first-order chi connectivity index (χ1) is 4.85. The highest BCUT2D eigenvalue weighted by Crippen LogP contribution is 2.03. The third kappa shape index (κ3) is 4.74. The molecule has 0 radical (unpaired) electrons. The van der Waals surface area contributed by atoms with E-state index in [0.717, 1.165) is 12.8 Å². The zero-order valence-electron chi connectivity index (χ0n) is 6.99. The molecule has 10 heavy (non-hydrogen) atoms. The normalized spacial score (nSPS) is 13.5. The van der Waals surface area contributed by atoms with Crippen molar-refractivity contribution in [3.05, 3.63) is 0 Å². The van der Waals surface area contributed by atoms with Crippen molar-refractivity contribution in [2.24, 2.45) is 0 Å². The standard InChI is InChI=1S/C8H18FN/c1-3-5-8(10-2)6-4-7-9/h8,10H,3-7H2,1-2H3/t8-/m0/s1. The second-order valence-electron chi connectivity index (χ2n) is 2.61. The molecule has 0 aliphatic rings. The first-order valence-electron chi connectivity index (χ1n) is 4.08. The lowest BCUT2D eigenvalue weighted by Crippen LogP contribution is -2.24. The van der Waals surface area contributed by atoms with E-state index in [0.29, 0.717) is 12.5 Å². The molecule has 0 spiro atoms. The van der Waals surface area contributed by atoms with Crippen molar-refractivity contribution in [2.75, 3.05) is 13.7 Å². The van der Waals surface area contributed by atoms with Crippen molar-refractivity contribution in [3.8, 4) is 0 Å². The van der Waals surface area contributed by atoms with Gasteiger partial charge in [0.25, 0.3) is 0 Å². The van der Waals surface area contributed by atoms with Crippen LogP contribution in [0, 0.1) is 0 Å². The van der Waals surface area contributed by atoms with Crippen LogP contribution in [0.15, 0.2) is 0 Å². The molecule has 0 aromatic rings. The van der Waals surface area contributed by atoms with Gasteiger partial charge in [0.15, 0.2) is 0 Å². The summed E-state index contributed by atoms with van der Waals surface area (Å²) in [5, 5.41) is 3.17.